The molecule has 1 fully saturated rings. The van der Waals surface area contributed by atoms with Gasteiger partial charge in [-0.2, -0.15) is 5.26 Å². The maximum Gasteiger partial charge on any atom is 0.227 e. The molecule has 0 bridgehead atoms. The van der Waals surface area contributed by atoms with Crippen LogP contribution in [0.25, 0.3) is 0 Å². The molecule has 1 saturated heterocycles. The van der Waals surface area contributed by atoms with Crippen molar-refractivity contribution < 1.29 is 13.9 Å². The average Bonchev–Trinajstić information content (AvgIpc) is 2.42. The van der Waals surface area contributed by atoms with Gasteiger partial charge in [-0.1, -0.05) is 0 Å². The number of rotatable bonds is 3. The molecule has 1 heterocycles. The number of carbonyl (C=O) groups excluding carboxylic acids is 1. The molecule has 0 spiro atoms. The van der Waals surface area contributed by atoms with Gasteiger partial charge in [0, 0.05) is 6.61 Å². The van der Waals surface area contributed by atoms with Gasteiger partial charge in [0.05, 0.1) is 23.8 Å². The minimum absolute atomic E-state index is 0.0558. The summed E-state index contributed by atoms with van der Waals surface area (Å²) in [6, 6.07) is 5.58. The van der Waals surface area contributed by atoms with Crippen LogP contribution in [0.1, 0.15) is 31.2 Å². The lowest BCUT2D eigenvalue weighted by atomic mass is 10.1. The van der Waals surface area contributed by atoms with Gasteiger partial charge in [0.1, 0.15) is 11.9 Å². The minimum atomic E-state index is -0.495. The molecule has 5 heteroatoms. The Balaban J connectivity index is 1.97. The second-order valence-electron chi connectivity index (χ2n) is 4.54. The molecule has 19 heavy (non-hydrogen) atoms. The SMILES string of the molecule is N#Cc1cc(F)ccc1NC(=O)CC1CCCCO1. The van der Waals surface area contributed by atoms with Crippen LogP contribution in [0.3, 0.4) is 0 Å². The number of carbonyl (C=O) groups is 1. The minimum Gasteiger partial charge on any atom is -0.378 e. The molecule has 1 N–H and O–H groups in total. The van der Waals surface area contributed by atoms with E-state index in [4.69, 9.17) is 10.00 Å². The third-order valence-electron chi connectivity index (χ3n) is 3.06. The van der Waals surface area contributed by atoms with E-state index in [2.05, 4.69) is 5.32 Å². The van der Waals surface area contributed by atoms with E-state index in [1.54, 1.807) is 0 Å². The maximum absolute atomic E-state index is 13.0. The summed E-state index contributed by atoms with van der Waals surface area (Å²) in [6.07, 6.45) is 3.19. The Labute approximate surface area is 111 Å². The van der Waals surface area contributed by atoms with Crippen LogP contribution in [-0.2, 0) is 9.53 Å². The van der Waals surface area contributed by atoms with Crippen molar-refractivity contribution in [3.8, 4) is 6.07 Å². The van der Waals surface area contributed by atoms with E-state index in [0.29, 0.717) is 12.3 Å². The molecule has 0 aliphatic carbocycles. The number of nitriles is 1. The summed E-state index contributed by atoms with van der Waals surface area (Å²) in [5.41, 5.74) is 0.461. The monoisotopic (exact) mass is 262 g/mol. The van der Waals surface area contributed by atoms with Gasteiger partial charge in [-0.15, -0.1) is 0 Å². The van der Waals surface area contributed by atoms with E-state index < -0.39 is 5.82 Å². The first-order valence-corrected chi connectivity index (χ1v) is 6.30. The summed E-state index contributed by atoms with van der Waals surface area (Å²) in [6.45, 7) is 0.692. The van der Waals surface area contributed by atoms with Crippen molar-refractivity contribution in [1.29, 1.82) is 5.26 Å². The van der Waals surface area contributed by atoms with Gasteiger partial charge < -0.3 is 10.1 Å². The summed E-state index contributed by atoms with van der Waals surface area (Å²) in [7, 11) is 0. The standard InChI is InChI=1S/C14H15FN2O2/c15-11-4-5-13(10(7-11)9-16)17-14(18)8-12-3-1-2-6-19-12/h4-5,7,12H,1-3,6,8H2,(H,17,18). The summed E-state index contributed by atoms with van der Waals surface area (Å²) in [5, 5.41) is 11.5. The molecule has 100 valence electrons. The van der Waals surface area contributed by atoms with Crippen molar-refractivity contribution in [2.75, 3.05) is 11.9 Å². The highest BCUT2D eigenvalue weighted by Gasteiger charge is 2.18. The Morgan fingerprint density at radius 1 is 1.53 bits per heavy atom. The van der Waals surface area contributed by atoms with Gasteiger partial charge in [0.15, 0.2) is 0 Å². The van der Waals surface area contributed by atoms with Gasteiger partial charge in [-0.3, -0.25) is 4.79 Å². The summed E-state index contributed by atoms with van der Waals surface area (Å²) >= 11 is 0. The van der Waals surface area contributed by atoms with E-state index >= 15 is 0 Å². The van der Waals surface area contributed by atoms with Crippen LogP contribution in [0.15, 0.2) is 18.2 Å². The van der Waals surface area contributed by atoms with Crippen LogP contribution >= 0.6 is 0 Å². The third-order valence-corrected chi connectivity index (χ3v) is 3.06. The molecule has 1 amide bonds. The summed E-state index contributed by atoms with van der Waals surface area (Å²) < 4.78 is 18.4. The number of hydrogen-bond donors (Lipinski definition) is 1. The molecule has 0 radical (unpaired) electrons. The number of amides is 1. The van der Waals surface area contributed by atoms with Crippen LogP contribution in [0.2, 0.25) is 0 Å². The average molecular weight is 262 g/mol. The Morgan fingerprint density at radius 3 is 3.05 bits per heavy atom. The molecular weight excluding hydrogens is 247 g/mol. The number of nitrogens with one attached hydrogen (secondary N) is 1. The highest BCUT2D eigenvalue weighted by molar-refractivity contribution is 5.92. The van der Waals surface area contributed by atoms with Crippen molar-refractivity contribution in [3.05, 3.63) is 29.6 Å². The van der Waals surface area contributed by atoms with E-state index in [1.807, 2.05) is 6.07 Å². The predicted molar refractivity (Wildman–Crippen MR) is 68.0 cm³/mol. The van der Waals surface area contributed by atoms with Crippen LogP contribution in [0.4, 0.5) is 10.1 Å². The lowest BCUT2D eigenvalue weighted by Gasteiger charge is -2.22. The van der Waals surface area contributed by atoms with Crippen molar-refractivity contribution in [2.24, 2.45) is 0 Å². The van der Waals surface area contributed by atoms with Gasteiger partial charge >= 0.3 is 0 Å². The second-order valence-corrected chi connectivity index (χ2v) is 4.54. The maximum atomic E-state index is 13.0. The number of anilines is 1. The molecule has 1 unspecified atom stereocenters. The summed E-state index contributed by atoms with van der Waals surface area (Å²) in [5.74, 6) is -0.708. The smallest absolute Gasteiger partial charge is 0.227 e. The highest BCUT2D eigenvalue weighted by Crippen LogP contribution is 2.19. The molecule has 1 aromatic carbocycles. The number of hydrogen-bond acceptors (Lipinski definition) is 3. The number of benzene rings is 1. The van der Waals surface area contributed by atoms with E-state index in [-0.39, 0.29) is 24.0 Å². The molecule has 0 saturated carbocycles. The normalized spacial score (nSPS) is 18.6. The van der Waals surface area contributed by atoms with E-state index in [0.717, 1.165) is 25.3 Å². The Kier molecular flexibility index (Phi) is 4.48. The van der Waals surface area contributed by atoms with Gasteiger partial charge in [0.25, 0.3) is 0 Å². The van der Waals surface area contributed by atoms with Crippen molar-refractivity contribution in [3.63, 3.8) is 0 Å². The molecule has 2 rings (SSSR count). The van der Waals surface area contributed by atoms with Crippen molar-refractivity contribution >= 4 is 11.6 Å². The molecule has 4 nitrogen and oxygen atoms in total. The molecule has 1 atom stereocenters. The first-order valence-electron chi connectivity index (χ1n) is 6.30. The third kappa shape index (κ3) is 3.76. The van der Waals surface area contributed by atoms with Crippen LogP contribution < -0.4 is 5.32 Å². The van der Waals surface area contributed by atoms with Crippen LogP contribution in [0, 0.1) is 17.1 Å². The lowest BCUT2D eigenvalue weighted by Crippen LogP contribution is -2.25. The quantitative estimate of drug-likeness (QED) is 0.910. The Hall–Kier alpha value is -1.93. The van der Waals surface area contributed by atoms with Gasteiger partial charge in [-0.05, 0) is 37.5 Å². The molecular formula is C14H15FN2O2. The fraction of sp³-hybridized carbons (Fsp3) is 0.429. The zero-order valence-electron chi connectivity index (χ0n) is 10.5. The molecule has 1 aliphatic heterocycles. The van der Waals surface area contributed by atoms with Crippen LogP contribution in [0.5, 0.6) is 0 Å². The second kappa shape index (κ2) is 6.30. The van der Waals surface area contributed by atoms with Gasteiger partial charge in [-0.25, -0.2) is 4.39 Å². The molecule has 0 aromatic heterocycles. The predicted octanol–water partition coefficient (Wildman–Crippen LogP) is 2.60. The van der Waals surface area contributed by atoms with E-state index in [1.165, 1.54) is 12.1 Å². The topological polar surface area (TPSA) is 62.1 Å². The zero-order chi connectivity index (χ0) is 13.7. The fourth-order valence-electron chi connectivity index (χ4n) is 2.09. The Morgan fingerprint density at radius 2 is 2.37 bits per heavy atom. The van der Waals surface area contributed by atoms with Crippen molar-refractivity contribution in [2.45, 2.75) is 31.8 Å². The largest absolute Gasteiger partial charge is 0.378 e. The van der Waals surface area contributed by atoms with Crippen molar-refractivity contribution in [1.82, 2.24) is 0 Å². The summed E-state index contributed by atoms with van der Waals surface area (Å²) in [4.78, 5) is 11.8. The number of halogens is 1. The first kappa shape index (κ1) is 13.5. The molecule has 1 aliphatic rings. The van der Waals surface area contributed by atoms with Gasteiger partial charge in [0.2, 0.25) is 5.91 Å². The van der Waals surface area contributed by atoms with Crippen LogP contribution in [-0.4, -0.2) is 18.6 Å². The number of nitrogens with zero attached hydrogens (tertiary/aromatic N) is 1. The highest BCUT2D eigenvalue weighted by atomic mass is 19.1. The Bertz CT molecular complexity index is 505. The zero-order valence-corrected chi connectivity index (χ0v) is 10.5. The fourth-order valence-corrected chi connectivity index (χ4v) is 2.09. The first-order chi connectivity index (χ1) is 9.19. The number of ether oxygens (including phenoxy) is 1. The lowest BCUT2D eigenvalue weighted by molar-refractivity contribution is -0.119. The molecule has 1 aromatic rings. The van der Waals surface area contributed by atoms with E-state index in [9.17, 15) is 9.18 Å².